The van der Waals surface area contributed by atoms with Crippen molar-refractivity contribution in [1.29, 1.82) is 0 Å². The Balaban J connectivity index is 2.27. The largest absolute Gasteiger partial charge is 0.494 e. The summed E-state index contributed by atoms with van der Waals surface area (Å²) < 4.78 is 6.10. The number of hydrogen-bond donors (Lipinski definition) is 1. The molecule has 0 aliphatic carbocycles. The van der Waals surface area contributed by atoms with Crippen LogP contribution in [0.4, 0.5) is 0 Å². The quantitative estimate of drug-likeness (QED) is 0.881. The van der Waals surface area contributed by atoms with Crippen LogP contribution in [0.3, 0.4) is 0 Å². The minimum Gasteiger partial charge on any atom is -0.494 e. The Hall–Kier alpha value is -1.08. The first-order valence-electron chi connectivity index (χ1n) is 6.70. The number of likely N-dealkylation sites (tertiary alicyclic amines) is 1. The predicted octanol–water partition coefficient (Wildman–Crippen LogP) is 3.01. The van der Waals surface area contributed by atoms with Gasteiger partial charge in [-0.25, -0.2) is 0 Å². The van der Waals surface area contributed by atoms with Crippen molar-refractivity contribution in [1.82, 2.24) is 4.90 Å². The Morgan fingerprint density at radius 2 is 2.10 bits per heavy atom. The third-order valence-corrected chi connectivity index (χ3v) is 5.96. The summed E-state index contributed by atoms with van der Waals surface area (Å²) >= 11 is 4.79. The van der Waals surface area contributed by atoms with Crippen LogP contribution < -0.4 is 4.74 Å². The topological polar surface area (TPSA) is 66.8 Å². The minimum absolute atomic E-state index is 0.150. The minimum atomic E-state index is -0.838. The number of carbonyl (C=O) groups excluding carboxylic acids is 1. The van der Waals surface area contributed by atoms with Gasteiger partial charge in [0.1, 0.15) is 4.88 Å². The van der Waals surface area contributed by atoms with Crippen LogP contribution in [-0.2, 0) is 4.79 Å². The molecule has 1 aromatic rings. The summed E-state index contributed by atoms with van der Waals surface area (Å²) in [5.41, 5.74) is 0. The molecule has 21 heavy (non-hydrogen) atoms. The van der Waals surface area contributed by atoms with Gasteiger partial charge in [0, 0.05) is 18.0 Å². The molecular weight excluding hydrogens is 358 g/mol. The van der Waals surface area contributed by atoms with Crippen molar-refractivity contribution in [2.45, 2.75) is 20.3 Å². The molecule has 5 nitrogen and oxygen atoms in total. The molecule has 0 aromatic carbocycles. The lowest BCUT2D eigenvalue weighted by Crippen LogP contribution is -2.45. The molecule has 0 radical (unpaired) electrons. The number of aryl methyl sites for hydroxylation is 1. The van der Waals surface area contributed by atoms with Crippen LogP contribution in [0.25, 0.3) is 0 Å². The van der Waals surface area contributed by atoms with Crippen LogP contribution in [-0.4, -0.2) is 42.1 Å². The van der Waals surface area contributed by atoms with Crippen molar-refractivity contribution >= 4 is 39.1 Å². The average Bonchev–Trinajstić information content (AvgIpc) is 2.72. The second kappa shape index (κ2) is 6.36. The summed E-state index contributed by atoms with van der Waals surface area (Å²) in [6.07, 6.45) is 0.614. The number of rotatable bonds is 3. The van der Waals surface area contributed by atoms with Gasteiger partial charge in [-0.05, 0) is 35.2 Å². The molecule has 0 saturated carbocycles. The molecule has 1 amide bonds. The van der Waals surface area contributed by atoms with Gasteiger partial charge in [-0.1, -0.05) is 6.92 Å². The van der Waals surface area contributed by atoms with E-state index in [0.717, 1.165) is 9.35 Å². The number of thiophene rings is 1. The average molecular weight is 376 g/mol. The molecule has 0 bridgehead atoms. The maximum Gasteiger partial charge on any atom is 0.308 e. The molecule has 1 aliphatic heterocycles. The van der Waals surface area contributed by atoms with Gasteiger partial charge in [0.2, 0.25) is 0 Å². The van der Waals surface area contributed by atoms with E-state index in [2.05, 4.69) is 15.9 Å². The highest BCUT2D eigenvalue weighted by atomic mass is 79.9. The highest BCUT2D eigenvalue weighted by Gasteiger charge is 2.34. The fourth-order valence-corrected chi connectivity index (χ4v) is 4.38. The van der Waals surface area contributed by atoms with E-state index in [0.29, 0.717) is 23.6 Å². The summed E-state index contributed by atoms with van der Waals surface area (Å²) in [6.45, 7) is 4.73. The normalized spacial score (nSPS) is 22.2. The monoisotopic (exact) mass is 375 g/mol. The van der Waals surface area contributed by atoms with Crippen LogP contribution in [0.5, 0.6) is 5.75 Å². The zero-order valence-electron chi connectivity index (χ0n) is 12.2. The SMILES string of the molecule is COc1c(C(=O)N2CC(C)CC(C(=O)O)C2)sc(C)c1Br. The Morgan fingerprint density at radius 3 is 2.67 bits per heavy atom. The Morgan fingerprint density at radius 1 is 1.43 bits per heavy atom. The summed E-state index contributed by atoms with van der Waals surface area (Å²) in [4.78, 5) is 27.0. The second-order valence-corrected chi connectivity index (χ2v) is 7.44. The number of methoxy groups -OCH3 is 1. The number of halogens is 1. The number of carboxylic acids is 1. The lowest BCUT2D eigenvalue weighted by atomic mass is 9.90. The smallest absolute Gasteiger partial charge is 0.308 e. The van der Waals surface area contributed by atoms with E-state index in [1.807, 2.05) is 13.8 Å². The van der Waals surface area contributed by atoms with Gasteiger partial charge in [0.25, 0.3) is 5.91 Å². The molecule has 1 saturated heterocycles. The van der Waals surface area contributed by atoms with Crippen LogP contribution in [0.15, 0.2) is 4.47 Å². The number of carbonyl (C=O) groups is 2. The van der Waals surface area contributed by atoms with Gasteiger partial charge in [0.15, 0.2) is 5.75 Å². The summed E-state index contributed by atoms with van der Waals surface area (Å²) in [7, 11) is 1.53. The first kappa shape index (κ1) is 16.3. The van der Waals surface area contributed by atoms with E-state index in [1.165, 1.54) is 18.4 Å². The zero-order chi connectivity index (χ0) is 15.7. The Labute approximate surface area is 136 Å². The van der Waals surface area contributed by atoms with E-state index in [-0.39, 0.29) is 18.4 Å². The predicted molar refractivity (Wildman–Crippen MR) is 84.1 cm³/mol. The molecule has 1 aliphatic rings. The fraction of sp³-hybridized carbons (Fsp3) is 0.571. The fourth-order valence-electron chi connectivity index (χ4n) is 2.67. The number of carboxylic acid groups (broad SMARTS) is 1. The van der Waals surface area contributed by atoms with Crippen LogP contribution >= 0.6 is 27.3 Å². The van der Waals surface area contributed by atoms with Crippen LogP contribution in [0.2, 0.25) is 0 Å². The van der Waals surface area contributed by atoms with Gasteiger partial charge >= 0.3 is 5.97 Å². The van der Waals surface area contributed by atoms with Crippen molar-refractivity contribution in [2.75, 3.05) is 20.2 Å². The molecule has 1 N–H and O–H groups in total. The molecule has 0 spiro atoms. The van der Waals surface area contributed by atoms with E-state index in [4.69, 9.17) is 4.74 Å². The molecule has 2 rings (SSSR count). The molecule has 2 unspecified atom stereocenters. The van der Waals surface area contributed by atoms with Crippen molar-refractivity contribution in [3.8, 4) is 5.75 Å². The van der Waals surface area contributed by atoms with E-state index in [9.17, 15) is 14.7 Å². The molecule has 1 aromatic heterocycles. The van der Waals surface area contributed by atoms with Crippen molar-refractivity contribution in [2.24, 2.45) is 11.8 Å². The summed E-state index contributed by atoms with van der Waals surface area (Å²) in [5.74, 6) is -0.765. The summed E-state index contributed by atoms with van der Waals surface area (Å²) in [5, 5.41) is 9.21. The lowest BCUT2D eigenvalue weighted by molar-refractivity contribution is -0.143. The van der Waals surface area contributed by atoms with Gasteiger partial charge < -0.3 is 14.7 Å². The molecule has 2 heterocycles. The third kappa shape index (κ3) is 3.23. The molecule has 7 heteroatoms. The van der Waals surface area contributed by atoms with E-state index in [1.54, 1.807) is 4.90 Å². The zero-order valence-corrected chi connectivity index (χ0v) is 14.6. The Kier molecular flexibility index (Phi) is 4.93. The maximum atomic E-state index is 12.7. The van der Waals surface area contributed by atoms with Crippen molar-refractivity contribution < 1.29 is 19.4 Å². The molecular formula is C14H18BrNO4S. The number of nitrogens with zero attached hydrogens (tertiary/aromatic N) is 1. The first-order valence-corrected chi connectivity index (χ1v) is 8.31. The molecule has 116 valence electrons. The highest BCUT2D eigenvalue weighted by Crippen LogP contribution is 2.40. The van der Waals surface area contributed by atoms with Gasteiger partial charge in [-0.3, -0.25) is 9.59 Å². The van der Waals surface area contributed by atoms with Crippen molar-refractivity contribution in [3.05, 3.63) is 14.2 Å². The maximum absolute atomic E-state index is 12.7. The number of amides is 1. The number of ether oxygens (including phenoxy) is 1. The van der Waals surface area contributed by atoms with Gasteiger partial charge in [-0.15, -0.1) is 11.3 Å². The van der Waals surface area contributed by atoms with Crippen LogP contribution in [0, 0.1) is 18.8 Å². The second-order valence-electron chi connectivity index (χ2n) is 5.42. The molecule has 2 atom stereocenters. The van der Waals surface area contributed by atoms with E-state index >= 15 is 0 Å². The molecule has 1 fully saturated rings. The van der Waals surface area contributed by atoms with Gasteiger partial charge in [-0.2, -0.15) is 0 Å². The van der Waals surface area contributed by atoms with Crippen LogP contribution in [0.1, 0.15) is 27.9 Å². The third-order valence-electron chi connectivity index (χ3n) is 3.66. The van der Waals surface area contributed by atoms with E-state index < -0.39 is 11.9 Å². The lowest BCUT2D eigenvalue weighted by Gasteiger charge is -2.34. The van der Waals surface area contributed by atoms with Crippen molar-refractivity contribution in [3.63, 3.8) is 0 Å². The number of aliphatic carboxylic acids is 1. The first-order chi connectivity index (χ1) is 9.85. The number of piperidine rings is 1. The Bertz CT molecular complexity index is 572. The van der Waals surface area contributed by atoms with Gasteiger partial charge in [0.05, 0.1) is 17.5 Å². The number of hydrogen-bond acceptors (Lipinski definition) is 4. The standard InChI is InChI=1S/C14H18BrNO4S/c1-7-4-9(14(18)19)6-16(5-7)13(17)12-11(20-3)10(15)8(2)21-12/h7,9H,4-6H2,1-3H3,(H,18,19). The highest BCUT2D eigenvalue weighted by molar-refractivity contribution is 9.10. The summed E-state index contributed by atoms with van der Waals surface area (Å²) in [6, 6.07) is 0.